The summed E-state index contributed by atoms with van der Waals surface area (Å²) in [4.78, 5) is 15.5. The predicted molar refractivity (Wildman–Crippen MR) is 88.7 cm³/mol. The van der Waals surface area contributed by atoms with Crippen molar-refractivity contribution < 1.29 is 18.7 Å². The van der Waals surface area contributed by atoms with Crippen molar-refractivity contribution in [1.29, 1.82) is 0 Å². The number of rotatable bonds is 1. The van der Waals surface area contributed by atoms with Crippen LogP contribution in [-0.4, -0.2) is 22.1 Å². The number of nitrogens with zero attached hydrogens (tertiary/aromatic N) is 1. The fourth-order valence-electron chi connectivity index (χ4n) is 3.41. The van der Waals surface area contributed by atoms with Crippen LogP contribution in [0.3, 0.4) is 0 Å². The Morgan fingerprint density at radius 3 is 2.91 bits per heavy atom. The molecule has 1 heterocycles. The highest BCUT2D eigenvalue weighted by atomic mass is 79.9. The van der Waals surface area contributed by atoms with Crippen molar-refractivity contribution in [2.75, 3.05) is 5.75 Å². The number of thioether (sulfide) groups is 1. The van der Waals surface area contributed by atoms with Gasteiger partial charge in [0, 0.05) is 17.4 Å². The van der Waals surface area contributed by atoms with E-state index in [2.05, 4.69) is 26.2 Å². The van der Waals surface area contributed by atoms with Crippen LogP contribution in [0, 0.1) is 17.6 Å². The Kier molecular flexibility index (Phi) is 4.64. The Morgan fingerprint density at radius 1 is 1.39 bits per heavy atom. The van der Waals surface area contributed by atoms with Gasteiger partial charge in [0.05, 0.1) is 10.0 Å². The predicted octanol–water partition coefficient (Wildman–Crippen LogP) is 4.48. The number of benzene rings is 1. The zero-order valence-corrected chi connectivity index (χ0v) is 14.5. The van der Waals surface area contributed by atoms with Crippen LogP contribution in [0.4, 0.5) is 13.6 Å². The van der Waals surface area contributed by atoms with Crippen LogP contribution < -0.4 is 5.32 Å². The first-order valence-electron chi connectivity index (χ1n) is 7.30. The van der Waals surface area contributed by atoms with E-state index in [0.29, 0.717) is 17.7 Å². The minimum Gasteiger partial charge on any atom is -0.465 e. The average molecular weight is 405 g/mol. The second-order valence-electron chi connectivity index (χ2n) is 5.77. The summed E-state index contributed by atoms with van der Waals surface area (Å²) >= 11 is 4.44. The molecule has 1 saturated carbocycles. The largest absolute Gasteiger partial charge is 0.465 e. The first-order valence-corrected chi connectivity index (χ1v) is 9.08. The molecule has 1 aromatic carbocycles. The minimum absolute atomic E-state index is 0.104. The fraction of sp³-hybridized carbons (Fsp3) is 0.467. The van der Waals surface area contributed by atoms with E-state index in [-0.39, 0.29) is 15.6 Å². The van der Waals surface area contributed by atoms with Gasteiger partial charge < -0.3 is 5.11 Å². The van der Waals surface area contributed by atoms with Crippen LogP contribution in [0.2, 0.25) is 0 Å². The number of amidine groups is 1. The number of fused-ring (bicyclic) bond motifs is 1. The number of aliphatic imine (C=N–C) groups is 1. The summed E-state index contributed by atoms with van der Waals surface area (Å²) < 4.78 is 28.3. The first-order chi connectivity index (χ1) is 10.9. The maximum atomic E-state index is 14.5. The number of hydrogen-bond donors (Lipinski definition) is 2. The molecule has 2 aliphatic rings. The van der Waals surface area contributed by atoms with Gasteiger partial charge in [-0.2, -0.15) is 0 Å². The molecule has 0 aromatic heterocycles. The standard InChI is InChI=1S/C15H15BrF2N2O2S/c16-10-5-9(11(17)6-12(10)18)15-4-2-1-3-8(15)7-23-13(20-15)19-14(21)22/h5-6,8H,1-4,7H2,(H,19,20)(H,21,22)/t8-,15+/m1/s1. The summed E-state index contributed by atoms with van der Waals surface area (Å²) in [5.74, 6) is -0.531. The molecule has 2 atom stereocenters. The number of carbonyl (C=O) groups is 1. The highest BCUT2D eigenvalue weighted by Crippen LogP contribution is 2.50. The van der Waals surface area contributed by atoms with Gasteiger partial charge in [0.25, 0.3) is 0 Å². The first kappa shape index (κ1) is 16.7. The van der Waals surface area contributed by atoms with Crippen molar-refractivity contribution in [3.63, 3.8) is 0 Å². The zero-order chi connectivity index (χ0) is 16.6. The molecule has 124 valence electrons. The Balaban J connectivity index is 2.12. The van der Waals surface area contributed by atoms with Crippen LogP contribution in [0.1, 0.15) is 31.2 Å². The highest BCUT2D eigenvalue weighted by molar-refractivity contribution is 9.10. The Hall–Kier alpha value is -1.15. The molecule has 1 amide bonds. The van der Waals surface area contributed by atoms with Crippen molar-refractivity contribution in [2.45, 2.75) is 31.2 Å². The van der Waals surface area contributed by atoms with E-state index in [0.717, 1.165) is 25.3 Å². The van der Waals surface area contributed by atoms with Gasteiger partial charge in [-0.3, -0.25) is 10.3 Å². The quantitative estimate of drug-likeness (QED) is 0.678. The summed E-state index contributed by atoms with van der Waals surface area (Å²) in [6.07, 6.45) is 2.23. The van der Waals surface area contributed by atoms with Gasteiger partial charge in [-0.25, -0.2) is 13.6 Å². The Morgan fingerprint density at radius 2 is 2.17 bits per heavy atom. The lowest BCUT2D eigenvalue weighted by Gasteiger charge is -2.44. The third kappa shape index (κ3) is 3.10. The van der Waals surface area contributed by atoms with Gasteiger partial charge in [-0.05, 0) is 40.8 Å². The molecule has 3 rings (SSSR count). The van der Waals surface area contributed by atoms with Gasteiger partial charge >= 0.3 is 6.09 Å². The highest BCUT2D eigenvalue weighted by Gasteiger charge is 2.46. The number of nitrogens with one attached hydrogen (secondary N) is 1. The summed E-state index contributed by atoms with van der Waals surface area (Å²) in [5.41, 5.74) is -0.498. The second kappa shape index (κ2) is 6.39. The lowest BCUT2D eigenvalue weighted by Crippen LogP contribution is -2.44. The third-order valence-corrected chi connectivity index (χ3v) is 6.09. The fourth-order valence-corrected chi connectivity index (χ4v) is 4.95. The van der Waals surface area contributed by atoms with Gasteiger partial charge in [0.1, 0.15) is 11.6 Å². The molecule has 0 unspecified atom stereocenters. The molecular weight excluding hydrogens is 390 g/mol. The molecule has 1 aliphatic carbocycles. The van der Waals surface area contributed by atoms with Gasteiger partial charge in [-0.15, -0.1) is 0 Å². The summed E-state index contributed by atoms with van der Waals surface area (Å²) in [6.45, 7) is 0. The monoisotopic (exact) mass is 404 g/mol. The van der Waals surface area contributed by atoms with Crippen molar-refractivity contribution >= 4 is 39.0 Å². The van der Waals surface area contributed by atoms with E-state index in [1.54, 1.807) is 0 Å². The Labute approximate surface area is 144 Å². The maximum Gasteiger partial charge on any atom is 0.410 e. The van der Waals surface area contributed by atoms with E-state index in [1.807, 2.05) is 0 Å². The maximum absolute atomic E-state index is 14.5. The Bertz CT molecular complexity index is 686. The molecule has 0 saturated heterocycles. The lowest BCUT2D eigenvalue weighted by atomic mass is 9.69. The molecule has 4 nitrogen and oxygen atoms in total. The summed E-state index contributed by atoms with van der Waals surface area (Å²) in [5, 5.41) is 11.5. The third-order valence-electron chi connectivity index (χ3n) is 4.45. The van der Waals surface area contributed by atoms with Crippen LogP contribution in [0.5, 0.6) is 0 Å². The van der Waals surface area contributed by atoms with Gasteiger partial charge in [-0.1, -0.05) is 24.6 Å². The topological polar surface area (TPSA) is 61.7 Å². The van der Waals surface area contributed by atoms with E-state index < -0.39 is 23.3 Å². The molecule has 0 spiro atoms. The normalized spacial score (nSPS) is 27.1. The number of halogens is 3. The van der Waals surface area contributed by atoms with Crippen LogP contribution >= 0.6 is 27.7 Å². The molecule has 1 aliphatic heterocycles. The van der Waals surface area contributed by atoms with Crippen molar-refractivity contribution in [2.24, 2.45) is 10.9 Å². The molecule has 1 aromatic rings. The number of carboxylic acid groups (broad SMARTS) is 1. The van der Waals surface area contributed by atoms with Gasteiger partial charge in [0.15, 0.2) is 5.17 Å². The molecule has 8 heteroatoms. The van der Waals surface area contributed by atoms with E-state index in [1.165, 1.54) is 17.8 Å². The van der Waals surface area contributed by atoms with Crippen molar-refractivity contribution in [3.05, 3.63) is 33.8 Å². The van der Waals surface area contributed by atoms with Gasteiger partial charge in [0.2, 0.25) is 0 Å². The molecular formula is C15H15BrF2N2O2S. The summed E-state index contributed by atoms with van der Waals surface area (Å²) in [7, 11) is 0. The number of amides is 1. The smallest absolute Gasteiger partial charge is 0.410 e. The summed E-state index contributed by atoms with van der Waals surface area (Å²) in [6, 6.07) is 2.31. The van der Waals surface area contributed by atoms with Crippen LogP contribution in [-0.2, 0) is 5.54 Å². The molecule has 0 radical (unpaired) electrons. The second-order valence-corrected chi connectivity index (χ2v) is 7.63. The van der Waals surface area contributed by atoms with E-state index in [4.69, 9.17) is 5.11 Å². The SMILES string of the molecule is O=C(O)NC1=N[C@@]2(c3cc(Br)c(F)cc3F)CCCC[C@@H]2CS1. The minimum atomic E-state index is -1.19. The zero-order valence-electron chi connectivity index (χ0n) is 12.1. The molecule has 0 bridgehead atoms. The van der Waals surface area contributed by atoms with Crippen molar-refractivity contribution in [1.82, 2.24) is 5.32 Å². The van der Waals surface area contributed by atoms with E-state index >= 15 is 0 Å². The molecule has 2 N–H and O–H groups in total. The average Bonchev–Trinajstić information content (AvgIpc) is 2.50. The molecule has 1 fully saturated rings. The van der Waals surface area contributed by atoms with E-state index in [9.17, 15) is 13.6 Å². The lowest BCUT2D eigenvalue weighted by molar-refractivity contribution is 0.197. The van der Waals surface area contributed by atoms with Crippen LogP contribution in [0.25, 0.3) is 0 Å². The van der Waals surface area contributed by atoms with Crippen molar-refractivity contribution in [3.8, 4) is 0 Å². The van der Waals surface area contributed by atoms with Crippen LogP contribution in [0.15, 0.2) is 21.6 Å². The number of hydrogen-bond acceptors (Lipinski definition) is 3. The molecule has 23 heavy (non-hydrogen) atoms.